The predicted molar refractivity (Wildman–Crippen MR) is 113 cm³/mol. The van der Waals surface area contributed by atoms with Gasteiger partial charge in [-0.3, -0.25) is 0 Å². The Kier molecular flexibility index (Phi) is 8.29. The van der Waals surface area contributed by atoms with Crippen LogP contribution in [0.1, 0.15) is 18.1 Å². The first-order valence-corrected chi connectivity index (χ1v) is 10.3. The first-order valence-electron chi connectivity index (χ1n) is 10.3. The van der Waals surface area contributed by atoms with Crippen molar-refractivity contribution in [2.24, 2.45) is 0 Å². The fourth-order valence-corrected chi connectivity index (χ4v) is 3.31. The lowest BCUT2D eigenvalue weighted by molar-refractivity contribution is -0.278. The Labute approximate surface area is 186 Å². The zero-order chi connectivity index (χ0) is 23.1. The average Bonchev–Trinajstić information content (AvgIpc) is 2.80. The Balaban J connectivity index is 1.71. The van der Waals surface area contributed by atoms with Crippen molar-refractivity contribution in [3.05, 3.63) is 59.7 Å². The van der Waals surface area contributed by atoms with Crippen LogP contribution in [0.4, 0.5) is 4.79 Å². The van der Waals surface area contributed by atoms with Crippen LogP contribution in [0.15, 0.2) is 48.5 Å². The molecule has 0 amide bonds. The molecule has 3 rings (SSSR count). The summed E-state index contributed by atoms with van der Waals surface area (Å²) in [6.45, 7) is 1.38. The van der Waals surface area contributed by atoms with Crippen molar-refractivity contribution in [2.45, 2.75) is 44.1 Å². The Hall–Kier alpha value is -2.85. The van der Waals surface area contributed by atoms with Gasteiger partial charge in [0.25, 0.3) is 0 Å². The molecule has 0 spiro atoms. The highest BCUT2D eigenvalue weighted by atomic mass is 16.7. The third-order valence-electron chi connectivity index (χ3n) is 5.07. The molecule has 9 heteroatoms. The summed E-state index contributed by atoms with van der Waals surface area (Å²) in [6, 6.07) is 14.8. The molecule has 1 fully saturated rings. The molecule has 1 saturated heterocycles. The van der Waals surface area contributed by atoms with Crippen molar-refractivity contribution in [1.82, 2.24) is 0 Å². The maximum atomic E-state index is 11.4. The summed E-state index contributed by atoms with van der Waals surface area (Å²) in [6.07, 6.45) is -7.34. The molecule has 32 heavy (non-hydrogen) atoms. The minimum Gasteiger partial charge on any atom is -0.497 e. The largest absolute Gasteiger partial charge is 0.508 e. The topological polar surface area (TPSA) is 124 Å². The normalized spacial score (nSPS) is 25.1. The molecule has 1 aliphatic rings. The summed E-state index contributed by atoms with van der Waals surface area (Å²) < 4.78 is 26.2. The number of carbonyl (C=O) groups is 1. The Morgan fingerprint density at radius 3 is 2.38 bits per heavy atom. The quantitative estimate of drug-likeness (QED) is 0.517. The van der Waals surface area contributed by atoms with Gasteiger partial charge >= 0.3 is 6.16 Å². The minimum atomic E-state index is -1.56. The number of ether oxygens (including phenoxy) is 5. The van der Waals surface area contributed by atoms with Gasteiger partial charge in [-0.2, -0.15) is 0 Å². The lowest BCUT2D eigenvalue weighted by Crippen LogP contribution is -2.60. The second-order valence-electron chi connectivity index (χ2n) is 7.26. The van der Waals surface area contributed by atoms with Crippen LogP contribution in [-0.2, 0) is 20.6 Å². The maximum absolute atomic E-state index is 11.4. The predicted octanol–water partition coefficient (Wildman–Crippen LogP) is 1.65. The molecule has 0 aromatic heterocycles. The molecule has 174 valence electrons. The van der Waals surface area contributed by atoms with Crippen LogP contribution in [0, 0.1) is 0 Å². The number of methoxy groups -OCH3 is 1. The van der Waals surface area contributed by atoms with Gasteiger partial charge in [-0.05, 0) is 36.2 Å². The lowest BCUT2D eigenvalue weighted by Gasteiger charge is -2.40. The molecule has 2 aromatic carbocycles. The van der Waals surface area contributed by atoms with Gasteiger partial charge in [0, 0.05) is 6.42 Å². The zero-order valence-electron chi connectivity index (χ0n) is 17.9. The van der Waals surface area contributed by atoms with Crippen LogP contribution in [0.3, 0.4) is 0 Å². The van der Waals surface area contributed by atoms with Crippen molar-refractivity contribution in [3.63, 3.8) is 0 Å². The van der Waals surface area contributed by atoms with E-state index in [0.29, 0.717) is 12.2 Å². The Morgan fingerprint density at radius 2 is 1.69 bits per heavy atom. The first kappa shape index (κ1) is 23.8. The smallest absolute Gasteiger partial charge is 0.497 e. The van der Waals surface area contributed by atoms with E-state index in [-0.39, 0.29) is 13.2 Å². The molecule has 0 bridgehead atoms. The number of aliphatic hydroxyl groups excluding tert-OH is 3. The molecule has 0 aliphatic carbocycles. The number of benzene rings is 2. The summed E-state index contributed by atoms with van der Waals surface area (Å²) >= 11 is 0. The van der Waals surface area contributed by atoms with Crippen molar-refractivity contribution < 1.29 is 43.8 Å². The molecule has 2 aromatic rings. The van der Waals surface area contributed by atoms with E-state index in [1.807, 2.05) is 36.4 Å². The van der Waals surface area contributed by atoms with E-state index in [4.69, 9.17) is 18.9 Å². The van der Waals surface area contributed by atoms with Crippen molar-refractivity contribution >= 4 is 6.16 Å². The third-order valence-corrected chi connectivity index (χ3v) is 5.07. The molecule has 9 nitrogen and oxygen atoms in total. The summed E-state index contributed by atoms with van der Waals surface area (Å²) in [5, 5.41) is 30.8. The SMILES string of the molecule is CCOC(=O)OCC1OC(Oc2ccccc2Cc2ccc(OC)cc2)[C@H](O)C(O)[C@@H]1O. The van der Waals surface area contributed by atoms with E-state index in [0.717, 1.165) is 16.9 Å². The minimum absolute atomic E-state index is 0.130. The molecular weight excluding hydrogens is 420 g/mol. The van der Waals surface area contributed by atoms with E-state index in [9.17, 15) is 20.1 Å². The number of hydrogen-bond donors (Lipinski definition) is 3. The standard InChI is InChI=1S/C23H28O9/c1-3-29-23(27)30-13-18-19(24)20(25)21(26)22(32-18)31-17-7-5-4-6-15(17)12-14-8-10-16(28-2)11-9-14/h4-11,18-22,24-26H,3,12-13H2,1-2H3/t18?,19-,20?,21-,22?/m1/s1. The van der Waals surface area contributed by atoms with Gasteiger partial charge < -0.3 is 39.0 Å². The number of rotatable bonds is 8. The van der Waals surface area contributed by atoms with Gasteiger partial charge in [0.05, 0.1) is 13.7 Å². The number of carbonyl (C=O) groups excluding carboxylic acids is 1. The fraction of sp³-hybridized carbons (Fsp3) is 0.435. The van der Waals surface area contributed by atoms with E-state index in [1.54, 1.807) is 26.2 Å². The van der Waals surface area contributed by atoms with Crippen LogP contribution in [0.2, 0.25) is 0 Å². The molecule has 0 saturated carbocycles. The molecule has 0 radical (unpaired) electrons. The van der Waals surface area contributed by atoms with E-state index in [2.05, 4.69) is 4.74 Å². The fourth-order valence-electron chi connectivity index (χ4n) is 3.31. The highest BCUT2D eigenvalue weighted by molar-refractivity contribution is 5.59. The van der Waals surface area contributed by atoms with Crippen LogP contribution in [0.5, 0.6) is 11.5 Å². The number of aliphatic hydroxyl groups is 3. The molecule has 5 atom stereocenters. The van der Waals surface area contributed by atoms with E-state index >= 15 is 0 Å². The monoisotopic (exact) mass is 448 g/mol. The van der Waals surface area contributed by atoms with Crippen LogP contribution < -0.4 is 9.47 Å². The van der Waals surface area contributed by atoms with Crippen molar-refractivity contribution in [2.75, 3.05) is 20.3 Å². The van der Waals surface area contributed by atoms with Crippen LogP contribution in [0.25, 0.3) is 0 Å². The van der Waals surface area contributed by atoms with Gasteiger partial charge in [0.1, 0.15) is 42.5 Å². The summed E-state index contributed by atoms with van der Waals surface area (Å²) in [4.78, 5) is 11.4. The maximum Gasteiger partial charge on any atom is 0.508 e. The molecule has 1 heterocycles. The summed E-state index contributed by atoms with van der Waals surface area (Å²) in [7, 11) is 1.60. The van der Waals surface area contributed by atoms with Crippen LogP contribution in [-0.4, -0.2) is 72.5 Å². The number of hydrogen-bond acceptors (Lipinski definition) is 9. The highest BCUT2D eigenvalue weighted by Gasteiger charge is 2.45. The van der Waals surface area contributed by atoms with Crippen LogP contribution >= 0.6 is 0 Å². The van der Waals surface area contributed by atoms with Gasteiger partial charge in [0.15, 0.2) is 0 Å². The summed E-state index contributed by atoms with van der Waals surface area (Å²) in [5.74, 6) is 1.20. The van der Waals surface area contributed by atoms with Crippen molar-refractivity contribution in [1.29, 1.82) is 0 Å². The Bertz CT molecular complexity index is 870. The zero-order valence-corrected chi connectivity index (χ0v) is 17.9. The number of para-hydroxylation sites is 1. The van der Waals surface area contributed by atoms with Gasteiger partial charge in [-0.1, -0.05) is 30.3 Å². The third kappa shape index (κ3) is 5.89. The second-order valence-corrected chi connectivity index (χ2v) is 7.26. The Morgan fingerprint density at radius 1 is 0.969 bits per heavy atom. The van der Waals surface area contributed by atoms with Gasteiger partial charge in [0.2, 0.25) is 6.29 Å². The molecular formula is C23H28O9. The lowest BCUT2D eigenvalue weighted by atomic mass is 9.99. The van der Waals surface area contributed by atoms with Gasteiger partial charge in [-0.15, -0.1) is 0 Å². The van der Waals surface area contributed by atoms with Gasteiger partial charge in [-0.25, -0.2) is 4.79 Å². The first-order chi connectivity index (χ1) is 15.4. The highest BCUT2D eigenvalue weighted by Crippen LogP contribution is 2.28. The molecule has 3 N–H and O–H groups in total. The average molecular weight is 448 g/mol. The molecule has 3 unspecified atom stereocenters. The van der Waals surface area contributed by atoms with E-state index < -0.39 is 36.9 Å². The van der Waals surface area contributed by atoms with Crippen molar-refractivity contribution in [3.8, 4) is 11.5 Å². The second kappa shape index (κ2) is 11.1. The van der Waals surface area contributed by atoms with E-state index in [1.165, 1.54) is 0 Å². The molecule has 1 aliphatic heterocycles. The summed E-state index contributed by atoms with van der Waals surface area (Å²) in [5.41, 5.74) is 1.84.